The van der Waals surface area contributed by atoms with Crippen LogP contribution < -0.4 is 4.90 Å². The molecule has 0 N–H and O–H groups in total. The van der Waals surface area contributed by atoms with Crippen LogP contribution in [0.15, 0.2) is 229 Å². The molecule has 12 rings (SSSR count). The SMILES string of the molecule is c1ccc(-c2ccc(N(c3ccc(-c4cc5ccccc5c5ccccc45)cc3)c3ccc4oc5ccccc5c4c3-c3ccc4ccc5ccccc5c4c3)cc2)cc1. The summed E-state index contributed by atoms with van der Waals surface area (Å²) in [7, 11) is 0. The molecule has 0 saturated heterocycles. The van der Waals surface area contributed by atoms with Crippen LogP contribution in [0.2, 0.25) is 0 Å². The molecule has 1 heterocycles. The van der Waals surface area contributed by atoms with Crippen molar-refractivity contribution in [1.82, 2.24) is 0 Å². The van der Waals surface area contributed by atoms with E-state index in [-0.39, 0.29) is 0 Å². The van der Waals surface area contributed by atoms with E-state index in [1.807, 2.05) is 6.07 Å². The van der Waals surface area contributed by atoms with E-state index in [4.69, 9.17) is 4.42 Å². The zero-order chi connectivity index (χ0) is 39.6. The summed E-state index contributed by atoms with van der Waals surface area (Å²) in [5.41, 5.74) is 12.0. The molecular formula is C58H37NO. The van der Waals surface area contributed by atoms with Gasteiger partial charge in [0.25, 0.3) is 0 Å². The molecule has 0 fully saturated rings. The Balaban J connectivity index is 1.10. The Kier molecular flexibility index (Phi) is 7.89. The molecule has 0 aliphatic heterocycles. The molecule has 0 radical (unpaired) electrons. The first-order valence-corrected chi connectivity index (χ1v) is 20.6. The lowest BCUT2D eigenvalue weighted by molar-refractivity contribution is 0.669. The van der Waals surface area contributed by atoms with E-state index >= 15 is 0 Å². The van der Waals surface area contributed by atoms with Gasteiger partial charge in [-0.15, -0.1) is 0 Å². The van der Waals surface area contributed by atoms with Crippen molar-refractivity contribution < 1.29 is 4.42 Å². The minimum Gasteiger partial charge on any atom is -0.456 e. The van der Waals surface area contributed by atoms with E-state index in [1.165, 1.54) is 65.3 Å². The van der Waals surface area contributed by atoms with Crippen molar-refractivity contribution in [3.8, 4) is 33.4 Å². The average molecular weight is 764 g/mol. The van der Waals surface area contributed by atoms with Crippen molar-refractivity contribution in [2.75, 3.05) is 4.90 Å². The molecule has 0 atom stereocenters. The van der Waals surface area contributed by atoms with Gasteiger partial charge in [-0.1, -0.05) is 170 Å². The maximum atomic E-state index is 6.60. The van der Waals surface area contributed by atoms with Crippen LogP contribution in [0.25, 0.3) is 98.4 Å². The molecule has 280 valence electrons. The highest BCUT2D eigenvalue weighted by Gasteiger charge is 2.23. The first kappa shape index (κ1) is 34.1. The van der Waals surface area contributed by atoms with Crippen LogP contribution in [0.1, 0.15) is 0 Å². The van der Waals surface area contributed by atoms with E-state index in [0.717, 1.165) is 50.1 Å². The number of fused-ring (bicyclic) bond motifs is 9. The van der Waals surface area contributed by atoms with E-state index < -0.39 is 0 Å². The molecule has 0 saturated carbocycles. The van der Waals surface area contributed by atoms with Crippen LogP contribution in [-0.4, -0.2) is 0 Å². The first-order valence-electron chi connectivity index (χ1n) is 20.6. The summed E-state index contributed by atoms with van der Waals surface area (Å²) < 4.78 is 6.60. The number of hydrogen-bond acceptors (Lipinski definition) is 2. The summed E-state index contributed by atoms with van der Waals surface area (Å²) in [6, 6.07) is 81.3. The molecule has 60 heavy (non-hydrogen) atoms. The highest BCUT2D eigenvalue weighted by Crippen LogP contribution is 2.48. The third kappa shape index (κ3) is 5.57. The fourth-order valence-corrected chi connectivity index (χ4v) is 9.39. The molecule has 0 unspecified atom stereocenters. The van der Waals surface area contributed by atoms with Gasteiger partial charge in [0.05, 0.1) is 5.69 Å². The summed E-state index contributed by atoms with van der Waals surface area (Å²) in [4.78, 5) is 2.42. The molecule has 2 heteroatoms. The van der Waals surface area contributed by atoms with Crippen LogP contribution in [0, 0.1) is 0 Å². The maximum Gasteiger partial charge on any atom is 0.136 e. The van der Waals surface area contributed by atoms with Gasteiger partial charge in [0, 0.05) is 27.7 Å². The lowest BCUT2D eigenvalue weighted by atomic mass is 9.92. The Morgan fingerprint density at radius 3 is 1.58 bits per heavy atom. The Morgan fingerprint density at radius 2 is 0.833 bits per heavy atom. The first-order chi connectivity index (χ1) is 29.7. The average Bonchev–Trinajstić information content (AvgIpc) is 3.71. The second kappa shape index (κ2) is 13.9. The number of para-hydroxylation sites is 1. The number of hydrogen-bond donors (Lipinski definition) is 0. The summed E-state index contributed by atoms with van der Waals surface area (Å²) >= 11 is 0. The second-order valence-electron chi connectivity index (χ2n) is 15.6. The smallest absolute Gasteiger partial charge is 0.136 e. The van der Waals surface area contributed by atoms with Crippen molar-refractivity contribution >= 4 is 82.1 Å². The summed E-state index contributed by atoms with van der Waals surface area (Å²) in [6.07, 6.45) is 0. The van der Waals surface area contributed by atoms with Crippen LogP contribution in [0.5, 0.6) is 0 Å². The maximum absolute atomic E-state index is 6.60. The topological polar surface area (TPSA) is 16.4 Å². The highest BCUT2D eigenvalue weighted by molar-refractivity contribution is 6.18. The Morgan fingerprint density at radius 1 is 0.300 bits per heavy atom. The molecule has 2 nitrogen and oxygen atoms in total. The van der Waals surface area contributed by atoms with Crippen molar-refractivity contribution in [2.45, 2.75) is 0 Å². The van der Waals surface area contributed by atoms with Crippen LogP contribution >= 0.6 is 0 Å². The normalized spacial score (nSPS) is 11.7. The summed E-state index contributed by atoms with van der Waals surface area (Å²) in [6.45, 7) is 0. The predicted octanol–water partition coefficient (Wildman–Crippen LogP) is 16.7. The predicted molar refractivity (Wildman–Crippen MR) is 255 cm³/mol. The Labute approximate surface area is 347 Å². The van der Waals surface area contributed by atoms with E-state index in [9.17, 15) is 0 Å². The number of nitrogens with zero attached hydrogens (tertiary/aromatic N) is 1. The van der Waals surface area contributed by atoms with Gasteiger partial charge in [-0.2, -0.15) is 0 Å². The second-order valence-corrected chi connectivity index (χ2v) is 15.6. The van der Waals surface area contributed by atoms with Gasteiger partial charge in [-0.05, 0) is 126 Å². The molecule has 0 aliphatic rings. The van der Waals surface area contributed by atoms with E-state index in [1.54, 1.807) is 0 Å². The Bertz CT molecular complexity index is 3580. The zero-order valence-electron chi connectivity index (χ0n) is 32.7. The third-order valence-corrected chi connectivity index (χ3v) is 12.2. The van der Waals surface area contributed by atoms with Crippen LogP contribution in [-0.2, 0) is 0 Å². The van der Waals surface area contributed by atoms with Crippen molar-refractivity contribution in [3.05, 3.63) is 224 Å². The molecule has 0 bridgehead atoms. The molecule has 11 aromatic carbocycles. The minimum atomic E-state index is 0.867. The molecular weight excluding hydrogens is 727 g/mol. The van der Waals surface area contributed by atoms with Gasteiger partial charge >= 0.3 is 0 Å². The monoisotopic (exact) mass is 763 g/mol. The van der Waals surface area contributed by atoms with Gasteiger partial charge in [-0.3, -0.25) is 0 Å². The Hall–Kier alpha value is -7.94. The van der Waals surface area contributed by atoms with Gasteiger partial charge in [0.15, 0.2) is 0 Å². The fraction of sp³-hybridized carbons (Fsp3) is 0. The van der Waals surface area contributed by atoms with E-state index in [0.29, 0.717) is 0 Å². The van der Waals surface area contributed by atoms with Gasteiger partial charge in [0.1, 0.15) is 11.2 Å². The lowest BCUT2D eigenvalue weighted by Crippen LogP contribution is -2.11. The van der Waals surface area contributed by atoms with Gasteiger partial charge in [-0.25, -0.2) is 0 Å². The molecule has 0 spiro atoms. The largest absolute Gasteiger partial charge is 0.456 e. The number of benzene rings is 11. The molecule has 12 aromatic rings. The molecule has 0 amide bonds. The van der Waals surface area contributed by atoms with Crippen molar-refractivity contribution in [1.29, 1.82) is 0 Å². The standard InChI is InChI=1S/C58H37NO/c1-2-12-38(13-3-1)39-26-30-45(31-27-39)59(46-32-28-42(29-33-46)53-36-43-15-5-7-17-48(43)49-18-8-9-19-50(49)53)54-34-35-56-58(51-20-10-11-21-55(51)60-56)57(54)44-25-24-41-23-22-40-14-4-6-16-47(40)52(41)37-44/h1-37H. The summed E-state index contributed by atoms with van der Waals surface area (Å²) in [5.74, 6) is 0. The summed E-state index contributed by atoms with van der Waals surface area (Å²) in [5, 5.41) is 12.2. The number of anilines is 3. The van der Waals surface area contributed by atoms with E-state index in [2.05, 4.69) is 223 Å². The lowest BCUT2D eigenvalue weighted by Gasteiger charge is -2.29. The van der Waals surface area contributed by atoms with Crippen molar-refractivity contribution in [2.24, 2.45) is 0 Å². The third-order valence-electron chi connectivity index (χ3n) is 12.2. The fourth-order valence-electron chi connectivity index (χ4n) is 9.39. The van der Waals surface area contributed by atoms with Gasteiger partial charge < -0.3 is 9.32 Å². The van der Waals surface area contributed by atoms with Crippen molar-refractivity contribution in [3.63, 3.8) is 0 Å². The van der Waals surface area contributed by atoms with Gasteiger partial charge in [0.2, 0.25) is 0 Å². The minimum absolute atomic E-state index is 0.867. The zero-order valence-corrected chi connectivity index (χ0v) is 32.7. The highest BCUT2D eigenvalue weighted by atomic mass is 16.3. The molecule has 0 aliphatic carbocycles. The number of furan rings is 1. The molecule has 1 aromatic heterocycles. The van der Waals surface area contributed by atoms with Crippen LogP contribution in [0.4, 0.5) is 17.1 Å². The number of rotatable bonds is 6. The van der Waals surface area contributed by atoms with Crippen LogP contribution in [0.3, 0.4) is 0 Å². The quantitative estimate of drug-likeness (QED) is 0.157.